The van der Waals surface area contributed by atoms with Crippen molar-refractivity contribution in [1.29, 1.82) is 0 Å². The van der Waals surface area contributed by atoms with Crippen LogP contribution in [0.25, 0.3) is 0 Å². The molecule has 190 valence electrons. The van der Waals surface area contributed by atoms with Crippen molar-refractivity contribution in [3.05, 3.63) is 47.9 Å². The Bertz CT molecular complexity index is 1040. The lowest BCUT2D eigenvalue weighted by Gasteiger charge is -2.31. The Labute approximate surface area is 202 Å². The van der Waals surface area contributed by atoms with Gasteiger partial charge in [0.1, 0.15) is 23.5 Å². The van der Waals surface area contributed by atoms with Crippen molar-refractivity contribution in [3.63, 3.8) is 0 Å². The minimum absolute atomic E-state index is 0.0164. The molecule has 0 spiro atoms. The number of benzene rings is 1. The molecule has 2 saturated heterocycles. The number of nitrogens with one attached hydrogen (secondary N) is 1. The van der Waals surface area contributed by atoms with Crippen molar-refractivity contribution in [3.8, 4) is 5.75 Å². The third kappa shape index (κ3) is 6.92. The van der Waals surface area contributed by atoms with Crippen molar-refractivity contribution in [2.75, 3.05) is 44.0 Å². The van der Waals surface area contributed by atoms with Gasteiger partial charge in [0.15, 0.2) is 0 Å². The van der Waals surface area contributed by atoms with Crippen LogP contribution in [0.3, 0.4) is 0 Å². The van der Waals surface area contributed by atoms with Crippen LogP contribution in [0.2, 0.25) is 0 Å². The van der Waals surface area contributed by atoms with Crippen LogP contribution in [-0.4, -0.2) is 67.7 Å². The van der Waals surface area contributed by atoms with Gasteiger partial charge in [0.25, 0.3) is 12.3 Å². The first-order chi connectivity index (χ1) is 16.7. The smallest absolute Gasteiger partial charge is 0.270 e. The molecular weight excluding hydrogens is 465 g/mol. The normalized spacial score (nSPS) is 20.4. The Morgan fingerprint density at radius 1 is 1.26 bits per heavy atom. The highest BCUT2D eigenvalue weighted by molar-refractivity contribution is 5.97. The molecule has 2 amide bonds. The maximum absolute atomic E-state index is 12.7. The van der Waals surface area contributed by atoms with E-state index in [9.17, 15) is 22.8 Å². The van der Waals surface area contributed by atoms with Gasteiger partial charge in [-0.25, -0.2) is 18.2 Å². The van der Waals surface area contributed by atoms with E-state index >= 15 is 0 Å². The molecule has 4 rings (SSSR count). The molecule has 2 unspecified atom stereocenters. The first kappa shape index (κ1) is 26.4. The first-order valence-electron chi connectivity index (χ1n) is 11.2. The summed E-state index contributed by atoms with van der Waals surface area (Å²) in [4.78, 5) is 32.2. The first-order valence-corrected chi connectivity index (χ1v) is 11.2. The highest BCUT2D eigenvalue weighted by Gasteiger charge is 2.29. The molecule has 0 saturated carbocycles. The van der Waals surface area contributed by atoms with E-state index in [1.54, 1.807) is 23.2 Å². The molecule has 2 aromatic rings. The van der Waals surface area contributed by atoms with Crippen LogP contribution in [0.5, 0.6) is 5.75 Å². The number of hydrogen-bond donors (Lipinski definition) is 1. The summed E-state index contributed by atoms with van der Waals surface area (Å²) in [5.41, 5.74) is -0.0464. The Balaban J connectivity index is 0.000000241. The fraction of sp³-hybridized carbons (Fsp3) is 0.458. The molecule has 0 bridgehead atoms. The molecule has 8 nitrogen and oxygen atoms in total. The number of likely N-dealkylation sites (N-methyl/N-ethyl adjacent to an activating group) is 1. The van der Waals surface area contributed by atoms with Crippen LogP contribution >= 0.6 is 0 Å². The van der Waals surface area contributed by atoms with E-state index in [0.29, 0.717) is 24.6 Å². The monoisotopic (exact) mass is 494 g/mol. The number of aromatic nitrogens is 1. The molecule has 2 aliphatic rings. The van der Waals surface area contributed by atoms with Gasteiger partial charge in [-0.3, -0.25) is 19.4 Å². The minimum atomic E-state index is -2.85. The molecule has 11 heteroatoms. The number of carbonyl (C=O) groups is 2. The summed E-state index contributed by atoms with van der Waals surface area (Å²) in [5.74, 6) is -0.616. The van der Waals surface area contributed by atoms with Crippen molar-refractivity contribution >= 4 is 23.3 Å². The summed E-state index contributed by atoms with van der Waals surface area (Å²) in [7, 11) is 3.14. The second kappa shape index (κ2) is 12.0. The van der Waals surface area contributed by atoms with Gasteiger partial charge in [0, 0.05) is 31.0 Å². The summed E-state index contributed by atoms with van der Waals surface area (Å²) in [6.07, 6.45) is 0.126. The molecule has 0 aliphatic carbocycles. The van der Waals surface area contributed by atoms with Gasteiger partial charge in [0.05, 0.1) is 25.3 Å². The molecule has 2 atom stereocenters. The lowest BCUT2D eigenvalue weighted by molar-refractivity contribution is -0.126. The van der Waals surface area contributed by atoms with E-state index < -0.39 is 23.9 Å². The number of ether oxygens (including phenoxy) is 2. The number of nitrogens with zero attached hydrogens (tertiary/aromatic N) is 3. The number of anilines is 2. The van der Waals surface area contributed by atoms with E-state index in [1.807, 2.05) is 18.9 Å². The van der Waals surface area contributed by atoms with Crippen LogP contribution in [0.4, 0.5) is 24.7 Å². The number of hydrogen-bond acceptors (Lipinski definition) is 6. The van der Waals surface area contributed by atoms with Gasteiger partial charge < -0.3 is 14.8 Å². The van der Waals surface area contributed by atoms with Gasteiger partial charge in [-0.15, -0.1) is 0 Å². The predicted octanol–water partition coefficient (Wildman–Crippen LogP) is 3.64. The number of rotatable bonds is 5. The molecule has 2 fully saturated rings. The second-order valence-corrected chi connectivity index (χ2v) is 8.34. The van der Waals surface area contributed by atoms with Crippen LogP contribution < -0.4 is 15.0 Å². The second-order valence-electron chi connectivity index (χ2n) is 8.34. The van der Waals surface area contributed by atoms with Crippen molar-refractivity contribution in [2.45, 2.75) is 38.4 Å². The summed E-state index contributed by atoms with van der Waals surface area (Å²) < 4.78 is 47.2. The Morgan fingerprint density at radius 2 is 2.03 bits per heavy atom. The molecule has 1 N–H and O–H groups in total. The summed E-state index contributed by atoms with van der Waals surface area (Å²) in [6.45, 7) is 3.75. The van der Waals surface area contributed by atoms with E-state index in [0.717, 1.165) is 25.5 Å². The van der Waals surface area contributed by atoms with Gasteiger partial charge >= 0.3 is 0 Å². The zero-order valence-electron chi connectivity index (χ0n) is 19.8. The average Bonchev–Trinajstić information content (AvgIpc) is 3.25. The molecular formula is C24H29F3N4O4. The molecule has 1 aromatic carbocycles. The average molecular weight is 495 g/mol. The Morgan fingerprint density at radius 3 is 2.63 bits per heavy atom. The van der Waals surface area contributed by atoms with Crippen molar-refractivity contribution in [2.24, 2.45) is 0 Å². The van der Waals surface area contributed by atoms with Gasteiger partial charge in [-0.1, -0.05) is 6.07 Å². The number of amides is 2. The summed E-state index contributed by atoms with van der Waals surface area (Å²) >= 11 is 0. The number of methoxy groups -OCH3 is 1. The SMILES string of the molecule is CC1CCC(C(=O)Nc2ccnc(N3CCN(C)CC3=O)c2)O1.COc1cccc(F)c1C(F)F. The van der Waals surface area contributed by atoms with Crippen molar-refractivity contribution in [1.82, 2.24) is 9.88 Å². The van der Waals surface area contributed by atoms with Crippen LogP contribution in [-0.2, 0) is 14.3 Å². The fourth-order valence-electron chi connectivity index (χ4n) is 3.80. The van der Waals surface area contributed by atoms with Gasteiger partial charge in [-0.05, 0) is 45.0 Å². The number of alkyl halides is 2. The molecule has 35 heavy (non-hydrogen) atoms. The van der Waals surface area contributed by atoms with Gasteiger partial charge in [-0.2, -0.15) is 0 Å². The molecule has 1 aromatic heterocycles. The number of halogens is 3. The highest BCUT2D eigenvalue weighted by atomic mass is 19.3. The van der Waals surface area contributed by atoms with Crippen LogP contribution in [0.15, 0.2) is 36.5 Å². The minimum Gasteiger partial charge on any atom is -0.496 e. The largest absolute Gasteiger partial charge is 0.496 e. The molecule has 0 radical (unpaired) electrons. The Hall–Kier alpha value is -3.18. The third-order valence-electron chi connectivity index (χ3n) is 5.68. The Kier molecular flexibility index (Phi) is 9.05. The maximum Gasteiger partial charge on any atom is 0.270 e. The zero-order valence-corrected chi connectivity index (χ0v) is 19.8. The number of carbonyl (C=O) groups excluding carboxylic acids is 2. The number of piperazine rings is 1. The standard InChI is InChI=1S/C16H22N4O3.C8H7F3O/c1-11-3-4-13(23-11)16(22)18-12-5-6-17-14(9-12)20-8-7-19(2)10-15(20)21;1-12-6-4-2-3-5(9)7(6)8(10)11/h5-6,9,11,13H,3-4,7-8,10H2,1-2H3,(H,17,18,22);2-4,8H,1H3. The third-order valence-corrected chi connectivity index (χ3v) is 5.68. The lowest BCUT2D eigenvalue weighted by Crippen LogP contribution is -2.49. The summed E-state index contributed by atoms with van der Waals surface area (Å²) in [5, 5.41) is 2.86. The van der Waals surface area contributed by atoms with Gasteiger partial charge in [0.2, 0.25) is 5.91 Å². The predicted molar refractivity (Wildman–Crippen MR) is 124 cm³/mol. The van der Waals surface area contributed by atoms with E-state index in [1.165, 1.54) is 19.2 Å². The lowest BCUT2D eigenvalue weighted by atomic mass is 10.2. The zero-order chi connectivity index (χ0) is 25.5. The fourth-order valence-corrected chi connectivity index (χ4v) is 3.80. The van der Waals surface area contributed by atoms with Crippen LogP contribution in [0, 0.1) is 5.82 Å². The van der Waals surface area contributed by atoms with E-state index in [-0.39, 0.29) is 23.7 Å². The van der Waals surface area contributed by atoms with Crippen LogP contribution in [0.1, 0.15) is 31.8 Å². The topological polar surface area (TPSA) is 84.0 Å². The molecule has 2 aliphatic heterocycles. The highest BCUT2D eigenvalue weighted by Crippen LogP contribution is 2.30. The quantitative estimate of drug-likeness (QED) is 0.684. The van der Waals surface area contributed by atoms with E-state index in [2.05, 4.69) is 15.0 Å². The summed E-state index contributed by atoms with van der Waals surface area (Å²) in [6, 6.07) is 7.05. The van der Waals surface area contributed by atoms with Crippen molar-refractivity contribution < 1.29 is 32.2 Å². The van der Waals surface area contributed by atoms with E-state index in [4.69, 9.17) is 4.74 Å². The number of pyridine rings is 1. The maximum atomic E-state index is 12.7. The molecule has 3 heterocycles.